The van der Waals surface area contributed by atoms with Gasteiger partial charge in [-0.05, 0) is 24.6 Å². The molecule has 2 aliphatic rings. The Labute approximate surface area is 143 Å². The standard InChI is InChI=1S/C19H14F2N4/c1-12-4-2-5-13(8-12)10-25-11-17-16(9-22-25)23-19(24-17)14-6-3-7-15(20)18(14)21/h2-9,11H,10H2,1H3. The summed E-state index contributed by atoms with van der Waals surface area (Å²) in [5.74, 6) is -1.71. The number of hydrogen-bond acceptors (Lipinski definition) is 3. The van der Waals surface area contributed by atoms with E-state index in [4.69, 9.17) is 0 Å². The number of fused-ring (bicyclic) bond motifs is 1. The minimum atomic E-state index is -0.946. The number of hydrogen-bond donors (Lipinski definition) is 0. The molecule has 0 aromatic heterocycles. The van der Waals surface area contributed by atoms with E-state index in [1.54, 1.807) is 17.1 Å². The number of halogens is 2. The van der Waals surface area contributed by atoms with E-state index in [0.717, 1.165) is 11.6 Å². The van der Waals surface area contributed by atoms with Crippen molar-refractivity contribution in [1.29, 1.82) is 0 Å². The van der Waals surface area contributed by atoms with Crippen molar-refractivity contribution in [3.8, 4) is 22.8 Å². The maximum atomic E-state index is 13.9. The van der Waals surface area contributed by atoms with Crippen LogP contribution < -0.4 is 0 Å². The van der Waals surface area contributed by atoms with E-state index in [-0.39, 0.29) is 11.4 Å². The van der Waals surface area contributed by atoms with Crippen molar-refractivity contribution in [2.75, 3.05) is 0 Å². The van der Waals surface area contributed by atoms with Gasteiger partial charge in [0.2, 0.25) is 0 Å². The van der Waals surface area contributed by atoms with Crippen molar-refractivity contribution in [1.82, 2.24) is 19.7 Å². The molecule has 2 heterocycles. The number of benzene rings is 2. The Balaban J connectivity index is 1.70. The highest BCUT2D eigenvalue weighted by molar-refractivity contribution is 5.65. The van der Waals surface area contributed by atoms with Crippen molar-refractivity contribution in [2.24, 2.45) is 0 Å². The first-order valence-corrected chi connectivity index (χ1v) is 7.80. The monoisotopic (exact) mass is 336 g/mol. The lowest BCUT2D eigenvalue weighted by atomic mass is 10.1. The van der Waals surface area contributed by atoms with Crippen LogP contribution in [0.25, 0.3) is 22.8 Å². The summed E-state index contributed by atoms with van der Waals surface area (Å²) >= 11 is 0. The van der Waals surface area contributed by atoms with Crippen LogP contribution in [0.4, 0.5) is 8.78 Å². The summed E-state index contributed by atoms with van der Waals surface area (Å²) in [6.45, 7) is 2.63. The van der Waals surface area contributed by atoms with Crippen molar-refractivity contribution >= 4 is 0 Å². The maximum Gasteiger partial charge on any atom is 0.169 e. The van der Waals surface area contributed by atoms with Crippen LogP contribution in [0, 0.1) is 18.6 Å². The van der Waals surface area contributed by atoms with Gasteiger partial charge in [0.1, 0.15) is 11.4 Å². The van der Waals surface area contributed by atoms with Crippen LogP contribution in [0.5, 0.6) is 0 Å². The summed E-state index contributed by atoms with van der Waals surface area (Å²) in [6.07, 6.45) is 3.34. The second kappa shape index (κ2) is 6.05. The van der Waals surface area contributed by atoms with Gasteiger partial charge in [-0.2, -0.15) is 5.10 Å². The van der Waals surface area contributed by atoms with E-state index < -0.39 is 11.6 Å². The molecule has 4 rings (SSSR count). The normalized spacial score (nSPS) is 11.2. The molecule has 6 heteroatoms. The second-order valence-corrected chi connectivity index (χ2v) is 5.88. The predicted molar refractivity (Wildman–Crippen MR) is 90.1 cm³/mol. The molecule has 2 aliphatic heterocycles. The first-order chi connectivity index (χ1) is 12.1. The lowest BCUT2D eigenvalue weighted by Gasteiger charge is -2.07. The van der Waals surface area contributed by atoms with Gasteiger partial charge in [0.15, 0.2) is 17.5 Å². The van der Waals surface area contributed by atoms with E-state index in [1.165, 1.54) is 17.7 Å². The molecule has 0 N–H and O–H groups in total. The van der Waals surface area contributed by atoms with Crippen molar-refractivity contribution in [3.05, 3.63) is 77.6 Å². The Morgan fingerprint density at radius 1 is 1.00 bits per heavy atom. The third kappa shape index (κ3) is 2.98. The predicted octanol–water partition coefficient (Wildman–Crippen LogP) is 4.08. The van der Waals surface area contributed by atoms with Crippen LogP contribution in [0.1, 0.15) is 11.1 Å². The number of aromatic nitrogens is 4. The van der Waals surface area contributed by atoms with E-state index in [1.807, 2.05) is 25.1 Å². The zero-order chi connectivity index (χ0) is 17.4. The zero-order valence-corrected chi connectivity index (χ0v) is 13.4. The summed E-state index contributed by atoms with van der Waals surface area (Å²) in [4.78, 5) is 8.58. The van der Waals surface area contributed by atoms with Crippen molar-refractivity contribution < 1.29 is 8.78 Å². The molecular weight excluding hydrogens is 322 g/mol. The topological polar surface area (TPSA) is 43.6 Å². The van der Waals surface area contributed by atoms with Crippen molar-refractivity contribution in [3.63, 3.8) is 0 Å². The minimum absolute atomic E-state index is 0.0430. The molecule has 0 saturated heterocycles. The van der Waals surface area contributed by atoms with Gasteiger partial charge in [-0.25, -0.2) is 18.7 Å². The van der Waals surface area contributed by atoms with E-state index in [0.29, 0.717) is 17.9 Å². The second-order valence-electron chi connectivity index (χ2n) is 5.88. The first-order valence-electron chi connectivity index (χ1n) is 7.80. The highest BCUT2D eigenvalue weighted by Gasteiger charge is 2.18. The van der Waals surface area contributed by atoms with Gasteiger partial charge in [-0.1, -0.05) is 35.9 Å². The number of aryl methyl sites for hydroxylation is 1. The van der Waals surface area contributed by atoms with Gasteiger partial charge >= 0.3 is 0 Å². The molecule has 25 heavy (non-hydrogen) atoms. The molecule has 2 aromatic rings. The Morgan fingerprint density at radius 2 is 1.80 bits per heavy atom. The fourth-order valence-electron chi connectivity index (χ4n) is 2.74. The largest absolute Gasteiger partial charge is 0.266 e. The van der Waals surface area contributed by atoms with Gasteiger partial charge in [0, 0.05) is 0 Å². The van der Waals surface area contributed by atoms with Crippen LogP contribution in [-0.2, 0) is 6.54 Å². The molecule has 124 valence electrons. The number of nitrogens with zero attached hydrogens (tertiary/aromatic N) is 4. The highest BCUT2D eigenvalue weighted by Crippen LogP contribution is 2.26. The van der Waals surface area contributed by atoms with Gasteiger partial charge in [0.25, 0.3) is 0 Å². The average Bonchev–Trinajstić information content (AvgIpc) is 3.00. The van der Waals surface area contributed by atoms with Crippen LogP contribution in [0.2, 0.25) is 0 Å². The van der Waals surface area contributed by atoms with Crippen LogP contribution >= 0.6 is 0 Å². The van der Waals surface area contributed by atoms with Crippen molar-refractivity contribution in [2.45, 2.75) is 13.5 Å². The quantitative estimate of drug-likeness (QED) is 0.566. The van der Waals surface area contributed by atoms with Gasteiger partial charge < -0.3 is 0 Å². The van der Waals surface area contributed by atoms with Crippen LogP contribution in [0.15, 0.2) is 54.9 Å². The Hall–Kier alpha value is -3.15. The van der Waals surface area contributed by atoms with E-state index >= 15 is 0 Å². The molecule has 2 aromatic carbocycles. The number of imidazole rings is 1. The summed E-state index contributed by atoms with van der Waals surface area (Å²) in [6, 6.07) is 12.1. The average molecular weight is 336 g/mol. The fourth-order valence-corrected chi connectivity index (χ4v) is 2.74. The Bertz CT molecular complexity index is 1030. The molecule has 0 atom stereocenters. The van der Waals surface area contributed by atoms with Crippen LogP contribution in [-0.4, -0.2) is 19.7 Å². The molecule has 0 radical (unpaired) electrons. The molecule has 0 saturated carbocycles. The van der Waals surface area contributed by atoms with E-state index in [9.17, 15) is 8.78 Å². The molecule has 0 aliphatic carbocycles. The highest BCUT2D eigenvalue weighted by atomic mass is 19.2. The molecule has 0 fully saturated rings. The molecular formula is C19H14F2N4. The summed E-state index contributed by atoms with van der Waals surface area (Å²) in [5, 5.41) is 4.33. The first kappa shape index (κ1) is 15.4. The molecule has 0 unspecified atom stereocenters. The van der Waals surface area contributed by atoms with E-state index in [2.05, 4.69) is 21.1 Å². The number of rotatable bonds is 3. The van der Waals surface area contributed by atoms with Gasteiger partial charge in [-0.3, -0.25) is 4.68 Å². The molecule has 4 nitrogen and oxygen atoms in total. The lowest BCUT2D eigenvalue weighted by molar-refractivity contribution is 0.510. The minimum Gasteiger partial charge on any atom is -0.266 e. The lowest BCUT2D eigenvalue weighted by Crippen LogP contribution is -2.05. The third-order valence-corrected chi connectivity index (χ3v) is 3.93. The molecule has 0 bridgehead atoms. The smallest absolute Gasteiger partial charge is 0.169 e. The maximum absolute atomic E-state index is 13.9. The van der Waals surface area contributed by atoms with Gasteiger partial charge in [-0.15, -0.1) is 0 Å². The molecule has 0 amide bonds. The Kier molecular flexibility index (Phi) is 3.72. The Morgan fingerprint density at radius 3 is 2.64 bits per heavy atom. The zero-order valence-electron chi connectivity index (χ0n) is 13.4. The summed E-state index contributed by atoms with van der Waals surface area (Å²) in [7, 11) is 0. The SMILES string of the molecule is Cc1cccc(Cn2cc3nc(-c4cccc(F)c4F)nc-3cn2)c1. The fraction of sp³-hybridized carbons (Fsp3) is 0.105. The third-order valence-electron chi connectivity index (χ3n) is 3.93. The van der Waals surface area contributed by atoms with Crippen LogP contribution in [0.3, 0.4) is 0 Å². The summed E-state index contributed by atoms with van der Waals surface area (Å²) < 4.78 is 29.1. The summed E-state index contributed by atoms with van der Waals surface area (Å²) in [5.41, 5.74) is 3.46. The van der Waals surface area contributed by atoms with Gasteiger partial charge in [0.05, 0.1) is 24.5 Å². The molecule has 0 spiro atoms.